The smallest absolute Gasteiger partial charge is 0.305 e. The van der Waals surface area contributed by atoms with E-state index in [0.717, 1.165) is 0 Å². The first-order valence-corrected chi connectivity index (χ1v) is 24.8. The van der Waals surface area contributed by atoms with E-state index in [1.165, 1.54) is 19.1 Å². The zero-order valence-corrected chi connectivity index (χ0v) is 41.9. The van der Waals surface area contributed by atoms with Gasteiger partial charge in [-0.1, -0.05) is 60.7 Å². The van der Waals surface area contributed by atoms with Gasteiger partial charge in [0.1, 0.15) is 42.0 Å². The number of benzene rings is 3. The number of para-hydroxylation sites is 1. The summed E-state index contributed by atoms with van der Waals surface area (Å²) in [6.07, 6.45) is 0.433. The van der Waals surface area contributed by atoms with Crippen LogP contribution in [0.15, 0.2) is 85.1 Å². The van der Waals surface area contributed by atoms with Crippen molar-refractivity contribution in [2.24, 2.45) is 5.73 Å². The molecule has 1 fully saturated rings. The Morgan fingerprint density at radius 2 is 1.30 bits per heavy atom. The molecule has 4 aromatic rings. The standard InChI is InChI=1S/C52H65N11O13/c1-30(64)58-40(25-32-18-20-34(65)21-19-32)50(74)60-37-14-8-22-54-43(66)16-7-17-44(67)55-23-9-15-38(49(73)63-42(27-46(69)70)52(76)62-39(47(53)71)24-31-10-3-2-4-11-31)61-51(75)41(59-45(68)29-57-48(37)72)26-33-28-56-36-13-6-5-12-35(33)36/h2-6,10-13,18-21,28,37-42,56,65H,7-9,14-17,22-27,29H2,1H3,(H2,53,71)(H,54,66)(H,55,67)(H,57,72)(H,58,64)(H,59,68)(H,60,74)(H,61,75)(H,62,76)(H,63,73)(H,69,70)/t37-,38-,39-,40-,41-,42-/m0/s1. The fourth-order valence-corrected chi connectivity index (χ4v) is 8.33. The maximum Gasteiger partial charge on any atom is 0.305 e. The molecule has 0 spiro atoms. The van der Waals surface area contributed by atoms with E-state index >= 15 is 0 Å². The van der Waals surface area contributed by atoms with Crippen LogP contribution in [-0.4, -0.2) is 136 Å². The lowest BCUT2D eigenvalue weighted by molar-refractivity contribution is -0.141. The molecule has 24 heteroatoms. The van der Waals surface area contributed by atoms with Gasteiger partial charge in [0.05, 0.1) is 13.0 Å². The summed E-state index contributed by atoms with van der Waals surface area (Å²) in [6, 6.07) is 13.0. The van der Waals surface area contributed by atoms with Crippen LogP contribution in [0.3, 0.4) is 0 Å². The number of carboxylic acid groups (broad SMARTS) is 1. The average molecular weight is 1050 g/mol. The highest BCUT2D eigenvalue weighted by atomic mass is 16.4. The van der Waals surface area contributed by atoms with Gasteiger partial charge in [-0.25, -0.2) is 0 Å². The van der Waals surface area contributed by atoms with Gasteiger partial charge in [0, 0.05) is 69.2 Å². The summed E-state index contributed by atoms with van der Waals surface area (Å²) in [4.78, 5) is 149. The van der Waals surface area contributed by atoms with E-state index in [1.54, 1.807) is 72.9 Å². The van der Waals surface area contributed by atoms with E-state index in [-0.39, 0.29) is 83.0 Å². The van der Waals surface area contributed by atoms with Crippen LogP contribution in [0.25, 0.3) is 10.9 Å². The minimum atomic E-state index is -1.79. The quantitative estimate of drug-likeness (QED) is 0.0634. The first-order chi connectivity index (χ1) is 36.3. The normalized spacial score (nSPS) is 18.9. The Morgan fingerprint density at radius 1 is 0.671 bits per heavy atom. The van der Waals surface area contributed by atoms with Crippen molar-refractivity contribution in [3.63, 3.8) is 0 Å². The third-order valence-corrected chi connectivity index (χ3v) is 12.3. The number of nitrogens with one attached hydrogen (secondary N) is 10. The summed E-state index contributed by atoms with van der Waals surface area (Å²) >= 11 is 0. The van der Waals surface area contributed by atoms with Crippen LogP contribution in [0.4, 0.5) is 0 Å². The van der Waals surface area contributed by atoms with Crippen LogP contribution in [0, 0.1) is 0 Å². The van der Waals surface area contributed by atoms with Gasteiger partial charge in [0.15, 0.2) is 0 Å². The number of aliphatic carboxylic acids is 1. The number of nitrogens with two attached hydrogens (primary N) is 1. The number of hydrogen-bond donors (Lipinski definition) is 13. The zero-order chi connectivity index (χ0) is 55.1. The molecular weight excluding hydrogens is 987 g/mol. The van der Waals surface area contributed by atoms with E-state index in [0.29, 0.717) is 27.6 Å². The molecule has 1 aliphatic rings. The van der Waals surface area contributed by atoms with Crippen molar-refractivity contribution < 1.29 is 63.0 Å². The summed E-state index contributed by atoms with van der Waals surface area (Å²) in [6.45, 7) is 0.532. The van der Waals surface area contributed by atoms with E-state index in [4.69, 9.17) is 5.73 Å². The van der Waals surface area contributed by atoms with Crippen molar-refractivity contribution >= 4 is 75.9 Å². The van der Waals surface area contributed by atoms with Crippen molar-refractivity contribution in [1.29, 1.82) is 0 Å². The lowest BCUT2D eigenvalue weighted by Crippen LogP contribution is -2.59. The van der Waals surface area contributed by atoms with Crippen LogP contribution >= 0.6 is 0 Å². The average Bonchev–Trinajstić information content (AvgIpc) is 3.79. The molecule has 0 radical (unpaired) electrons. The van der Waals surface area contributed by atoms with E-state index in [9.17, 15) is 63.0 Å². The van der Waals surface area contributed by atoms with Gasteiger partial charge < -0.3 is 68.8 Å². The third-order valence-electron chi connectivity index (χ3n) is 12.3. The van der Waals surface area contributed by atoms with Crippen LogP contribution < -0.4 is 53.6 Å². The molecule has 0 bridgehead atoms. The molecule has 3 aromatic carbocycles. The highest BCUT2D eigenvalue weighted by Gasteiger charge is 2.33. The molecule has 76 heavy (non-hydrogen) atoms. The zero-order valence-electron chi connectivity index (χ0n) is 41.9. The maximum absolute atomic E-state index is 14.5. The second-order valence-electron chi connectivity index (χ2n) is 18.3. The topological polar surface area (TPSA) is 378 Å². The Labute approximate surface area is 437 Å². The second-order valence-corrected chi connectivity index (χ2v) is 18.3. The molecule has 24 nitrogen and oxygen atoms in total. The lowest BCUT2D eigenvalue weighted by atomic mass is 10.0. The summed E-state index contributed by atoms with van der Waals surface area (Å²) in [5.41, 5.74) is 8.06. The summed E-state index contributed by atoms with van der Waals surface area (Å²) in [5.74, 6) is -9.29. The van der Waals surface area contributed by atoms with Crippen molar-refractivity contribution in [1.82, 2.24) is 52.8 Å². The highest BCUT2D eigenvalue weighted by molar-refractivity contribution is 5.98. The first-order valence-electron chi connectivity index (χ1n) is 24.8. The number of amides is 10. The van der Waals surface area contributed by atoms with Crippen LogP contribution in [0.2, 0.25) is 0 Å². The van der Waals surface area contributed by atoms with Gasteiger partial charge >= 0.3 is 5.97 Å². The number of phenols is 1. The molecular formula is C52H65N11O13. The number of phenolic OH excluding ortho intramolecular Hbond substituents is 1. The molecule has 14 N–H and O–H groups in total. The van der Waals surface area contributed by atoms with Gasteiger partial charge in [-0.15, -0.1) is 0 Å². The maximum atomic E-state index is 14.5. The molecule has 1 aromatic heterocycles. The Morgan fingerprint density at radius 3 is 1.96 bits per heavy atom. The van der Waals surface area contributed by atoms with Crippen molar-refractivity contribution in [3.05, 3.63) is 102 Å². The Kier molecular flexibility index (Phi) is 22.3. The molecule has 1 aliphatic heterocycles. The van der Waals surface area contributed by atoms with Crippen molar-refractivity contribution in [3.8, 4) is 5.75 Å². The summed E-state index contributed by atoms with van der Waals surface area (Å²) in [7, 11) is 0. The molecule has 5 rings (SSSR count). The number of aromatic nitrogens is 1. The van der Waals surface area contributed by atoms with Crippen LogP contribution in [0.1, 0.15) is 75.0 Å². The number of fused-ring (bicyclic) bond motifs is 1. The Balaban J connectivity index is 1.41. The number of aromatic hydroxyl groups is 1. The van der Waals surface area contributed by atoms with E-state index < -0.39 is 114 Å². The van der Waals surface area contributed by atoms with Crippen molar-refractivity contribution in [2.45, 2.75) is 114 Å². The SMILES string of the molecule is CC(=O)N[C@@H](Cc1ccc(O)cc1)C(=O)N[C@H]1CCCNC(=O)CCCC(=O)NCCC[C@@H](C(=O)N[C@@H](CC(=O)O)C(=O)N[C@@H](Cc2ccccc2)C(N)=O)NC(=O)[C@H](Cc2c[nH]c3ccccc23)NC(=O)CNC1=O. The monoisotopic (exact) mass is 1050 g/mol. The number of hydrogen-bond acceptors (Lipinski definition) is 12. The number of aromatic amines is 1. The van der Waals surface area contributed by atoms with Gasteiger partial charge in [-0.3, -0.25) is 52.7 Å². The van der Waals surface area contributed by atoms with Gasteiger partial charge in [-0.05, 0) is 67.0 Å². The van der Waals surface area contributed by atoms with Crippen LogP contribution in [0.5, 0.6) is 5.75 Å². The van der Waals surface area contributed by atoms with Gasteiger partial charge in [0.2, 0.25) is 59.1 Å². The predicted molar refractivity (Wildman–Crippen MR) is 274 cm³/mol. The summed E-state index contributed by atoms with van der Waals surface area (Å²) in [5, 5.41) is 43.4. The third kappa shape index (κ3) is 19.2. The number of rotatable bonds is 16. The minimum absolute atomic E-state index is 0.0151. The number of carbonyl (C=O) groups is 11. The fourth-order valence-electron chi connectivity index (χ4n) is 8.33. The molecule has 0 aliphatic carbocycles. The van der Waals surface area contributed by atoms with E-state index in [2.05, 4.69) is 52.8 Å². The Hall–Kier alpha value is -8.83. The molecule has 10 amide bonds. The fraction of sp³-hybridized carbons (Fsp3) is 0.404. The molecule has 0 saturated carbocycles. The Bertz CT molecular complexity index is 2720. The first kappa shape index (κ1) is 58.1. The molecule has 406 valence electrons. The lowest BCUT2D eigenvalue weighted by Gasteiger charge is -2.26. The highest BCUT2D eigenvalue weighted by Crippen LogP contribution is 2.20. The second kappa shape index (κ2) is 29.2. The number of carboxylic acids is 1. The van der Waals surface area contributed by atoms with Gasteiger partial charge in [0.25, 0.3) is 0 Å². The molecule has 0 unspecified atom stereocenters. The van der Waals surface area contributed by atoms with Crippen molar-refractivity contribution in [2.75, 3.05) is 19.6 Å². The molecule has 6 atom stereocenters. The number of primary amides is 1. The minimum Gasteiger partial charge on any atom is -0.508 e. The number of H-pyrrole nitrogens is 1. The largest absolute Gasteiger partial charge is 0.508 e. The van der Waals surface area contributed by atoms with E-state index in [1.807, 2.05) is 0 Å². The predicted octanol–water partition coefficient (Wildman–Crippen LogP) is -1.12. The number of carbonyl (C=O) groups excluding carboxylic acids is 10. The molecule has 1 saturated heterocycles. The van der Waals surface area contributed by atoms with Gasteiger partial charge in [-0.2, -0.15) is 0 Å². The van der Waals surface area contributed by atoms with Crippen LogP contribution in [-0.2, 0) is 72.0 Å². The summed E-state index contributed by atoms with van der Waals surface area (Å²) < 4.78 is 0. The molecule has 2 heterocycles.